The number of anilines is 1. The monoisotopic (exact) mass is 314 g/mol. The number of nitrogens with one attached hydrogen (secondary N) is 3. The zero-order valence-electron chi connectivity index (χ0n) is 12.7. The molecule has 0 radical (unpaired) electrons. The zero-order chi connectivity index (χ0) is 16.0. The van der Waals surface area contributed by atoms with Crippen LogP contribution in [0.4, 0.5) is 5.82 Å². The van der Waals surface area contributed by atoms with Gasteiger partial charge in [0.15, 0.2) is 0 Å². The molecule has 1 atom stereocenters. The van der Waals surface area contributed by atoms with Crippen molar-refractivity contribution in [3.8, 4) is 0 Å². The van der Waals surface area contributed by atoms with Gasteiger partial charge in [0.25, 0.3) is 0 Å². The first kappa shape index (κ1) is 17.4. The number of carbonyl (C=O) groups excluding carboxylic acids is 1. The van der Waals surface area contributed by atoms with E-state index in [1.54, 1.807) is 13.1 Å². The maximum Gasteiger partial charge on any atom is 0.242 e. The summed E-state index contributed by atoms with van der Waals surface area (Å²) in [5.74, 6) is 0.514. The second-order valence-electron chi connectivity index (χ2n) is 5.11. The number of carbonyl (C=O) groups is 1. The molecule has 0 spiro atoms. The third-order valence-corrected chi connectivity index (χ3v) is 4.24. The lowest BCUT2D eigenvalue weighted by molar-refractivity contribution is -0.122. The highest BCUT2D eigenvalue weighted by Gasteiger charge is 2.22. The van der Waals surface area contributed by atoms with Crippen LogP contribution < -0.4 is 15.4 Å². The Morgan fingerprint density at radius 2 is 1.95 bits per heavy atom. The number of hydrogen-bond acceptors (Lipinski definition) is 5. The maximum atomic E-state index is 12.1. The molecular weight excluding hydrogens is 292 g/mol. The molecule has 8 heteroatoms. The first-order valence-electron chi connectivity index (χ1n) is 6.70. The van der Waals surface area contributed by atoms with E-state index in [9.17, 15) is 13.2 Å². The molecule has 0 aliphatic heterocycles. The van der Waals surface area contributed by atoms with E-state index >= 15 is 0 Å². The molecule has 1 aromatic heterocycles. The van der Waals surface area contributed by atoms with Crippen molar-refractivity contribution in [1.82, 2.24) is 15.0 Å². The van der Waals surface area contributed by atoms with Crippen LogP contribution >= 0.6 is 0 Å². The van der Waals surface area contributed by atoms with E-state index in [0.717, 1.165) is 0 Å². The van der Waals surface area contributed by atoms with Crippen LogP contribution in [0, 0.1) is 5.92 Å². The van der Waals surface area contributed by atoms with Crippen LogP contribution in [-0.4, -0.2) is 38.9 Å². The summed E-state index contributed by atoms with van der Waals surface area (Å²) >= 11 is 0. The SMILES string of the molecule is CNc1ccc(S(=O)(=O)NC(C)C(=O)NCC(C)C)cn1. The molecule has 1 unspecified atom stereocenters. The molecule has 1 aromatic rings. The minimum absolute atomic E-state index is 0.0185. The van der Waals surface area contributed by atoms with Crippen molar-refractivity contribution in [1.29, 1.82) is 0 Å². The third-order valence-electron chi connectivity index (χ3n) is 2.71. The van der Waals surface area contributed by atoms with Crippen molar-refractivity contribution in [3.63, 3.8) is 0 Å². The standard InChI is InChI=1S/C13H22N4O3S/c1-9(2)7-16-13(18)10(3)17-21(19,20)11-5-6-12(14-4)15-8-11/h5-6,8-10,17H,7H2,1-4H3,(H,14,15)(H,16,18). The Labute approximate surface area is 125 Å². The number of aromatic nitrogens is 1. The fraction of sp³-hybridized carbons (Fsp3) is 0.538. The van der Waals surface area contributed by atoms with E-state index in [-0.39, 0.29) is 10.8 Å². The summed E-state index contributed by atoms with van der Waals surface area (Å²) in [7, 11) is -2.08. The van der Waals surface area contributed by atoms with Gasteiger partial charge in [0, 0.05) is 19.8 Å². The van der Waals surface area contributed by atoms with Gasteiger partial charge in [-0.25, -0.2) is 13.4 Å². The molecular formula is C13H22N4O3S. The van der Waals surface area contributed by atoms with E-state index < -0.39 is 16.1 Å². The molecule has 0 aromatic carbocycles. The van der Waals surface area contributed by atoms with E-state index in [2.05, 4.69) is 20.3 Å². The molecule has 3 N–H and O–H groups in total. The Hall–Kier alpha value is -1.67. The Kier molecular flexibility index (Phi) is 6.10. The van der Waals surface area contributed by atoms with Crippen molar-refractivity contribution in [3.05, 3.63) is 18.3 Å². The Bertz CT molecular complexity index is 570. The van der Waals surface area contributed by atoms with Crippen LogP contribution in [0.3, 0.4) is 0 Å². The molecule has 118 valence electrons. The highest BCUT2D eigenvalue weighted by atomic mass is 32.2. The summed E-state index contributed by atoms with van der Waals surface area (Å²) in [5.41, 5.74) is 0. The van der Waals surface area contributed by atoms with E-state index in [1.165, 1.54) is 19.2 Å². The number of nitrogens with zero attached hydrogens (tertiary/aromatic N) is 1. The Morgan fingerprint density at radius 3 is 2.43 bits per heavy atom. The van der Waals surface area contributed by atoms with Gasteiger partial charge in [0.1, 0.15) is 10.7 Å². The lowest BCUT2D eigenvalue weighted by Gasteiger charge is -2.15. The summed E-state index contributed by atoms with van der Waals surface area (Å²) in [4.78, 5) is 15.8. The van der Waals surface area contributed by atoms with Crippen LogP contribution in [0.2, 0.25) is 0 Å². The van der Waals surface area contributed by atoms with E-state index in [1.807, 2.05) is 13.8 Å². The highest BCUT2D eigenvalue weighted by molar-refractivity contribution is 7.89. The molecule has 1 amide bonds. The molecule has 0 bridgehead atoms. The van der Waals surface area contributed by atoms with Gasteiger partial charge in [-0.1, -0.05) is 13.8 Å². The molecule has 0 fully saturated rings. The van der Waals surface area contributed by atoms with Crippen molar-refractivity contribution in [2.75, 3.05) is 18.9 Å². The van der Waals surface area contributed by atoms with Gasteiger partial charge in [-0.15, -0.1) is 0 Å². The molecule has 1 rings (SSSR count). The fourth-order valence-electron chi connectivity index (χ4n) is 1.50. The summed E-state index contributed by atoms with van der Waals surface area (Å²) in [6, 6.07) is 2.13. The molecule has 0 saturated carbocycles. The third kappa shape index (κ3) is 5.31. The minimum atomic E-state index is -3.77. The first-order valence-corrected chi connectivity index (χ1v) is 8.18. The van der Waals surface area contributed by atoms with Crippen LogP contribution in [-0.2, 0) is 14.8 Å². The number of pyridine rings is 1. The van der Waals surface area contributed by atoms with Crippen LogP contribution in [0.1, 0.15) is 20.8 Å². The summed E-state index contributed by atoms with van der Waals surface area (Å²) in [6.45, 7) is 5.93. The van der Waals surface area contributed by atoms with Crippen molar-refractivity contribution in [2.24, 2.45) is 5.92 Å². The second-order valence-corrected chi connectivity index (χ2v) is 6.83. The van der Waals surface area contributed by atoms with E-state index in [0.29, 0.717) is 18.3 Å². The van der Waals surface area contributed by atoms with Gasteiger partial charge in [0.05, 0.1) is 6.04 Å². The number of amides is 1. The smallest absolute Gasteiger partial charge is 0.242 e. The molecule has 0 saturated heterocycles. The maximum absolute atomic E-state index is 12.1. The van der Waals surface area contributed by atoms with E-state index in [4.69, 9.17) is 0 Å². The predicted molar refractivity (Wildman–Crippen MR) is 81.4 cm³/mol. The lowest BCUT2D eigenvalue weighted by Crippen LogP contribution is -2.45. The van der Waals surface area contributed by atoms with Gasteiger partial charge >= 0.3 is 0 Å². The summed E-state index contributed by atoms with van der Waals surface area (Å²) in [5, 5.41) is 5.48. The summed E-state index contributed by atoms with van der Waals surface area (Å²) in [6.07, 6.45) is 1.24. The molecule has 7 nitrogen and oxygen atoms in total. The van der Waals surface area contributed by atoms with Crippen LogP contribution in [0.5, 0.6) is 0 Å². The van der Waals surface area contributed by atoms with Gasteiger partial charge in [0.2, 0.25) is 15.9 Å². The highest BCUT2D eigenvalue weighted by Crippen LogP contribution is 2.10. The van der Waals surface area contributed by atoms with Crippen molar-refractivity contribution < 1.29 is 13.2 Å². The Balaban J connectivity index is 2.72. The molecule has 0 aliphatic carbocycles. The van der Waals surface area contributed by atoms with Crippen LogP contribution in [0.15, 0.2) is 23.2 Å². The van der Waals surface area contributed by atoms with Gasteiger partial charge in [-0.05, 0) is 25.0 Å². The lowest BCUT2D eigenvalue weighted by atomic mass is 10.2. The van der Waals surface area contributed by atoms with Gasteiger partial charge in [-0.2, -0.15) is 4.72 Å². The molecule has 21 heavy (non-hydrogen) atoms. The van der Waals surface area contributed by atoms with Crippen molar-refractivity contribution >= 4 is 21.7 Å². The molecule has 1 heterocycles. The molecule has 0 aliphatic rings. The number of sulfonamides is 1. The largest absolute Gasteiger partial charge is 0.373 e. The fourth-order valence-corrected chi connectivity index (χ4v) is 2.65. The average Bonchev–Trinajstić information content (AvgIpc) is 2.44. The van der Waals surface area contributed by atoms with Crippen LogP contribution in [0.25, 0.3) is 0 Å². The predicted octanol–water partition coefficient (Wildman–Crippen LogP) is 0.562. The number of rotatable bonds is 7. The van der Waals surface area contributed by atoms with Crippen molar-refractivity contribution in [2.45, 2.75) is 31.7 Å². The number of hydrogen-bond donors (Lipinski definition) is 3. The van der Waals surface area contributed by atoms with Gasteiger partial charge in [-0.3, -0.25) is 4.79 Å². The van der Waals surface area contributed by atoms with Gasteiger partial charge < -0.3 is 10.6 Å². The zero-order valence-corrected chi connectivity index (χ0v) is 13.5. The topological polar surface area (TPSA) is 100 Å². The Morgan fingerprint density at radius 1 is 1.29 bits per heavy atom. The first-order chi connectivity index (χ1) is 9.76. The quantitative estimate of drug-likeness (QED) is 0.683. The second kappa shape index (κ2) is 7.37. The summed E-state index contributed by atoms with van der Waals surface area (Å²) < 4.78 is 26.6. The minimum Gasteiger partial charge on any atom is -0.373 e. The normalized spacial score (nSPS) is 13.0. The average molecular weight is 314 g/mol.